The highest BCUT2D eigenvalue weighted by Crippen LogP contribution is 2.28. The van der Waals surface area contributed by atoms with Gasteiger partial charge in [0.15, 0.2) is 0 Å². The number of nitrogens with two attached hydrogens (primary N) is 1. The summed E-state index contributed by atoms with van der Waals surface area (Å²) in [6.45, 7) is -0.132. The van der Waals surface area contributed by atoms with Gasteiger partial charge >= 0.3 is 0 Å². The molecule has 1 aliphatic rings. The summed E-state index contributed by atoms with van der Waals surface area (Å²) in [5.41, 5.74) is 1.95. The van der Waals surface area contributed by atoms with Crippen LogP contribution in [0.1, 0.15) is 6.42 Å². The molecule has 0 saturated carbocycles. The van der Waals surface area contributed by atoms with E-state index in [1.165, 1.54) is 6.07 Å². The fourth-order valence-corrected chi connectivity index (χ4v) is 4.52. The fraction of sp³-hybridized carbons (Fsp3) is 0.267. The summed E-state index contributed by atoms with van der Waals surface area (Å²) >= 11 is 0. The van der Waals surface area contributed by atoms with E-state index in [0.29, 0.717) is 0 Å². The molecule has 8 heteroatoms. The van der Waals surface area contributed by atoms with Gasteiger partial charge in [-0.25, -0.2) is 14.3 Å². The van der Waals surface area contributed by atoms with Crippen LogP contribution in [0.4, 0.5) is 0 Å². The number of fused-ring (bicyclic) bond motifs is 1. The normalized spacial score (nSPS) is 22.3. The molecule has 2 atom stereocenters. The molecule has 1 heterocycles. The van der Waals surface area contributed by atoms with Gasteiger partial charge in [-0.3, -0.25) is 10.2 Å². The molecule has 0 aliphatic carbocycles. The molecular formula is C15H17N3O4S. The van der Waals surface area contributed by atoms with E-state index in [-0.39, 0.29) is 17.9 Å². The number of amides is 1. The fourth-order valence-electron chi connectivity index (χ4n) is 2.85. The van der Waals surface area contributed by atoms with E-state index in [2.05, 4.69) is 0 Å². The van der Waals surface area contributed by atoms with Crippen molar-refractivity contribution in [3.05, 3.63) is 42.5 Å². The van der Waals surface area contributed by atoms with Gasteiger partial charge in [0, 0.05) is 13.0 Å². The minimum atomic E-state index is -3.91. The number of carbonyl (C=O) groups excluding carboxylic acids is 1. The Hall–Kier alpha value is -2.00. The molecule has 0 aromatic heterocycles. The summed E-state index contributed by atoms with van der Waals surface area (Å²) in [6.07, 6.45) is -0.872. The highest BCUT2D eigenvalue weighted by molar-refractivity contribution is 7.89. The topological polar surface area (TPSA) is 113 Å². The predicted octanol–water partition coefficient (Wildman–Crippen LogP) is -0.0464. The van der Waals surface area contributed by atoms with Crippen LogP contribution in [0.3, 0.4) is 0 Å². The highest BCUT2D eigenvalue weighted by atomic mass is 32.2. The Labute approximate surface area is 133 Å². The van der Waals surface area contributed by atoms with Crippen molar-refractivity contribution in [2.24, 2.45) is 5.84 Å². The van der Waals surface area contributed by atoms with Crippen LogP contribution in [0, 0.1) is 0 Å². The summed E-state index contributed by atoms with van der Waals surface area (Å²) in [5, 5.41) is 11.5. The number of hydrazine groups is 1. The Morgan fingerprint density at radius 1 is 1.22 bits per heavy atom. The second-order valence-electron chi connectivity index (χ2n) is 5.50. The Morgan fingerprint density at radius 3 is 2.61 bits per heavy atom. The maximum Gasteiger partial charge on any atom is 0.252 e. The van der Waals surface area contributed by atoms with Crippen molar-refractivity contribution in [3.8, 4) is 0 Å². The lowest BCUT2D eigenvalue weighted by molar-refractivity contribution is -0.124. The molecule has 23 heavy (non-hydrogen) atoms. The van der Waals surface area contributed by atoms with Crippen molar-refractivity contribution < 1.29 is 18.3 Å². The van der Waals surface area contributed by atoms with Gasteiger partial charge in [0.1, 0.15) is 6.04 Å². The highest BCUT2D eigenvalue weighted by Gasteiger charge is 2.43. The molecule has 122 valence electrons. The van der Waals surface area contributed by atoms with Crippen LogP contribution < -0.4 is 11.3 Å². The van der Waals surface area contributed by atoms with Gasteiger partial charge in [-0.2, -0.15) is 4.31 Å². The van der Waals surface area contributed by atoms with Gasteiger partial charge in [-0.05, 0) is 22.9 Å². The zero-order valence-corrected chi connectivity index (χ0v) is 13.0. The SMILES string of the molecule is NNC(=O)[C@@H]1C[C@@H](O)CN1S(=O)(=O)c1ccc2ccccc2c1. The number of carbonyl (C=O) groups is 1. The van der Waals surface area contributed by atoms with E-state index in [0.717, 1.165) is 15.1 Å². The smallest absolute Gasteiger partial charge is 0.252 e. The van der Waals surface area contributed by atoms with Gasteiger partial charge in [-0.1, -0.05) is 30.3 Å². The Morgan fingerprint density at radius 2 is 1.91 bits per heavy atom. The monoisotopic (exact) mass is 335 g/mol. The zero-order chi connectivity index (χ0) is 16.6. The lowest BCUT2D eigenvalue weighted by Gasteiger charge is -2.22. The van der Waals surface area contributed by atoms with E-state index in [1.54, 1.807) is 12.1 Å². The molecule has 1 aliphatic heterocycles. The molecule has 1 fully saturated rings. The lowest BCUT2D eigenvalue weighted by Crippen LogP contribution is -2.47. The molecule has 2 aromatic carbocycles. The third kappa shape index (κ3) is 2.81. The largest absolute Gasteiger partial charge is 0.392 e. The quantitative estimate of drug-likeness (QED) is 0.414. The number of β-amino-alcohol motifs (C(OH)–C–C–N with tert-alkyl or cyclic N) is 1. The van der Waals surface area contributed by atoms with Crippen LogP contribution in [0.5, 0.6) is 0 Å². The third-order valence-corrected chi connectivity index (χ3v) is 5.88. The molecule has 0 spiro atoms. The van der Waals surface area contributed by atoms with Gasteiger partial charge < -0.3 is 5.11 Å². The molecule has 0 bridgehead atoms. The van der Waals surface area contributed by atoms with Crippen LogP contribution in [0.15, 0.2) is 47.4 Å². The molecule has 4 N–H and O–H groups in total. The maximum atomic E-state index is 12.8. The minimum absolute atomic E-state index is 0.0237. The van der Waals surface area contributed by atoms with E-state index in [1.807, 2.05) is 29.7 Å². The second-order valence-corrected chi connectivity index (χ2v) is 7.39. The molecular weight excluding hydrogens is 318 g/mol. The summed E-state index contributed by atoms with van der Waals surface area (Å²) in [5.74, 6) is 4.48. The number of sulfonamides is 1. The number of aliphatic hydroxyl groups excluding tert-OH is 1. The summed E-state index contributed by atoms with van der Waals surface area (Å²) in [7, 11) is -3.91. The van der Waals surface area contributed by atoms with Crippen LogP contribution in [0.2, 0.25) is 0 Å². The van der Waals surface area contributed by atoms with E-state index >= 15 is 0 Å². The summed E-state index contributed by atoms with van der Waals surface area (Å²) < 4.78 is 26.7. The van der Waals surface area contributed by atoms with E-state index < -0.39 is 28.1 Å². The number of benzene rings is 2. The third-order valence-electron chi connectivity index (χ3n) is 4.01. The van der Waals surface area contributed by atoms with Crippen LogP contribution in [-0.2, 0) is 14.8 Å². The van der Waals surface area contributed by atoms with Gasteiger partial charge in [0.2, 0.25) is 10.0 Å². The minimum Gasteiger partial charge on any atom is -0.392 e. The molecule has 2 aromatic rings. The number of nitrogens with one attached hydrogen (secondary N) is 1. The van der Waals surface area contributed by atoms with E-state index in [9.17, 15) is 18.3 Å². The average Bonchev–Trinajstić information content (AvgIpc) is 2.96. The average molecular weight is 335 g/mol. The van der Waals surface area contributed by atoms with Gasteiger partial charge in [0.25, 0.3) is 5.91 Å². The Bertz CT molecular complexity index is 853. The Balaban J connectivity index is 2.03. The van der Waals surface area contributed by atoms with Crippen molar-refractivity contribution in [3.63, 3.8) is 0 Å². The van der Waals surface area contributed by atoms with E-state index in [4.69, 9.17) is 5.84 Å². The zero-order valence-electron chi connectivity index (χ0n) is 12.2. The Kier molecular flexibility index (Phi) is 4.07. The van der Waals surface area contributed by atoms with Crippen LogP contribution in [0.25, 0.3) is 10.8 Å². The maximum absolute atomic E-state index is 12.8. The predicted molar refractivity (Wildman–Crippen MR) is 84.6 cm³/mol. The first-order valence-electron chi connectivity index (χ1n) is 7.12. The molecule has 3 rings (SSSR count). The molecule has 0 radical (unpaired) electrons. The van der Waals surface area contributed by atoms with Gasteiger partial charge in [-0.15, -0.1) is 0 Å². The molecule has 1 amide bonds. The number of nitrogens with zero attached hydrogens (tertiary/aromatic N) is 1. The molecule has 0 unspecified atom stereocenters. The summed E-state index contributed by atoms with van der Waals surface area (Å²) in [6, 6.07) is 11.2. The van der Waals surface area contributed by atoms with Crippen molar-refractivity contribution in [1.29, 1.82) is 0 Å². The lowest BCUT2D eigenvalue weighted by atomic mass is 10.1. The van der Waals surface area contributed by atoms with Crippen molar-refractivity contribution in [2.75, 3.05) is 6.54 Å². The first-order valence-corrected chi connectivity index (χ1v) is 8.56. The number of hydrogen-bond donors (Lipinski definition) is 3. The second kappa shape index (κ2) is 5.89. The summed E-state index contributed by atoms with van der Waals surface area (Å²) in [4.78, 5) is 11.9. The standard InChI is InChI=1S/C15H17N3O4S/c16-17-15(20)14-8-12(19)9-18(14)23(21,22)13-6-5-10-3-1-2-4-11(10)7-13/h1-7,12,14,19H,8-9,16H2,(H,17,20)/t12-,14+/m1/s1. The van der Waals surface area contributed by atoms with Crippen LogP contribution >= 0.6 is 0 Å². The number of rotatable bonds is 3. The first-order chi connectivity index (χ1) is 10.9. The van der Waals surface area contributed by atoms with Crippen LogP contribution in [-0.4, -0.2) is 42.4 Å². The molecule has 1 saturated heterocycles. The van der Waals surface area contributed by atoms with Crippen molar-refractivity contribution >= 4 is 26.7 Å². The van der Waals surface area contributed by atoms with Gasteiger partial charge in [0.05, 0.1) is 11.0 Å². The van der Waals surface area contributed by atoms with Crippen molar-refractivity contribution in [1.82, 2.24) is 9.73 Å². The number of aliphatic hydroxyl groups is 1. The molecule has 7 nitrogen and oxygen atoms in total. The number of hydrogen-bond acceptors (Lipinski definition) is 5. The first kappa shape index (κ1) is 15.9. The van der Waals surface area contributed by atoms with Crippen molar-refractivity contribution in [2.45, 2.75) is 23.5 Å².